The maximum Gasteiger partial charge on any atom is 0.0154 e. The molecular formula is C15H34N2. The number of hydrogen-bond acceptors (Lipinski definition) is 2. The van der Waals surface area contributed by atoms with Gasteiger partial charge in [0.15, 0.2) is 0 Å². The highest BCUT2D eigenvalue weighted by atomic mass is 14.8. The van der Waals surface area contributed by atoms with Crippen LogP contribution in [0.2, 0.25) is 0 Å². The van der Waals surface area contributed by atoms with Crippen molar-refractivity contribution in [2.24, 2.45) is 33.6 Å². The molecule has 0 amide bonds. The molecule has 0 aromatic heterocycles. The molecule has 0 aromatic carbocycles. The Hall–Kier alpha value is -0.0800. The van der Waals surface area contributed by atoms with Gasteiger partial charge in [-0.2, -0.15) is 0 Å². The topological polar surface area (TPSA) is 52.0 Å². The smallest absolute Gasteiger partial charge is 0.0154 e. The molecule has 0 rings (SSSR count). The molecule has 1 unspecified atom stereocenters. The zero-order chi connectivity index (χ0) is 14.3. The van der Waals surface area contributed by atoms with Crippen molar-refractivity contribution in [1.29, 1.82) is 0 Å². The first kappa shape index (κ1) is 16.9. The van der Waals surface area contributed by atoms with Gasteiger partial charge >= 0.3 is 0 Å². The summed E-state index contributed by atoms with van der Waals surface area (Å²) < 4.78 is 0. The Morgan fingerprint density at radius 1 is 0.824 bits per heavy atom. The van der Waals surface area contributed by atoms with Crippen LogP contribution in [-0.2, 0) is 0 Å². The fraction of sp³-hybridized carbons (Fsp3) is 1.00. The predicted octanol–water partition coefficient (Wildman–Crippen LogP) is 3.40. The molecule has 0 saturated heterocycles. The molecule has 0 aromatic rings. The van der Waals surface area contributed by atoms with Crippen LogP contribution in [0.5, 0.6) is 0 Å². The summed E-state index contributed by atoms with van der Waals surface area (Å²) in [4.78, 5) is 0. The highest BCUT2D eigenvalue weighted by Gasteiger charge is 2.54. The predicted molar refractivity (Wildman–Crippen MR) is 77.8 cm³/mol. The maximum absolute atomic E-state index is 6.41. The Kier molecular flexibility index (Phi) is 4.52. The first-order chi connectivity index (χ1) is 7.23. The third-order valence-corrected chi connectivity index (χ3v) is 6.37. The highest BCUT2D eigenvalue weighted by molar-refractivity contribution is 5.06. The van der Waals surface area contributed by atoms with E-state index in [1.165, 1.54) is 0 Å². The first-order valence-electron chi connectivity index (χ1n) is 6.72. The Morgan fingerprint density at radius 2 is 1.18 bits per heavy atom. The maximum atomic E-state index is 6.41. The van der Waals surface area contributed by atoms with Crippen LogP contribution in [0.15, 0.2) is 0 Å². The van der Waals surface area contributed by atoms with Crippen LogP contribution in [0, 0.1) is 22.2 Å². The van der Waals surface area contributed by atoms with Crippen molar-refractivity contribution >= 4 is 0 Å². The lowest BCUT2D eigenvalue weighted by Gasteiger charge is -2.59. The van der Waals surface area contributed by atoms with Gasteiger partial charge in [0.2, 0.25) is 0 Å². The van der Waals surface area contributed by atoms with E-state index in [0.29, 0.717) is 5.92 Å². The van der Waals surface area contributed by atoms with Gasteiger partial charge in [-0.3, -0.25) is 0 Å². The van der Waals surface area contributed by atoms with E-state index in [1.54, 1.807) is 0 Å². The third-order valence-electron chi connectivity index (χ3n) is 6.37. The lowest BCUT2D eigenvalue weighted by atomic mass is 9.47. The molecular weight excluding hydrogens is 208 g/mol. The van der Waals surface area contributed by atoms with E-state index in [4.69, 9.17) is 11.5 Å². The van der Waals surface area contributed by atoms with Crippen LogP contribution in [0.3, 0.4) is 0 Å². The van der Waals surface area contributed by atoms with Crippen LogP contribution in [0.1, 0.15) is 62.3 Å². The SMILES string of the molecule is CC(CN)C(C)(C)C(C)(C)C(C)(C)C(C)(C)N. The molecule has 2 heteroatoms. The fourth-order valence-corrected chi connectivity index (χ4v) is 2.52. The minimum absolute atomic E-state index is 0.0208. The van der Waals surface area contributed by atoms with Gasteiger partial charge in [0.25, 0.3) is 0 Å². The highest BCUT2D eigenvalue weighted by Crippen LogP contribution is 2.57. The Labute approximate surface area is 109 Å². The van der Waals surface area contributed by atoms with Gasteiger partial charge in [0.05, 0.1) is 0 Å². The van der Waals surface area contributed by atoms with E-state index in [9.17, 15) is 0 Å². The van der Waals surface area contributed by atoms with E-state index < -0.39 is 0 Å². The lowest BCUT2D eigenvalue weighted by Crippen LogP contribution is -2.60. The average molecular weight is 242 g/mol. The van der Waals surface area contributed by atoms with Crippen molar-refractivity contribution in [2.45, 2.75) is 67.9 Å². The van der Waals surface area contributed by atoms with Crippen LogP contribution in [-0.4, -0.2) is 12.1 Å². The van der Waals surface area contributed by atoms with Crippen molar-refractivity contribution in [3.05, 3.63) is 0 Å². The zero-order valence-electron chi connectivity index (χ0n) is 13.4. The van der Waals surface area contributed by atoms with Gasteiger partial charge in [-0.1, -0.05) is 48.5 Å². The molecule has 104 valence electrons. The molecule has 0 saturated carbocycles. The van der Waals surface area contributed by atoms with Gasteiger partial charge in [0.1, 0.15) is 0 Å². The van der Waals surface area contributed by atoms with Gasteiger partial charge in [-0.15, -0.1) is 0 Å². The average Bonchev–Trinajstić information content (AvgIpc) is 2.13. The summed E-state index contributed by atoms with van der Waals surface area (Å²) in [6, 6.07) is 0. The van der Waals surface area contributed by atoms with Crippen molar-refractivity contribution in [3.8, 4) is 0 Å². The molecule has 2 nitrogen and oxygen atoms in total. The molecule has 0 aliphatic carbocycles. The second kappa shape index (κ2) is 4.55. The lowest BCUT2D eigenvalue weighted by molar-refractivity contribution is -0.0840. The largest absolute Gasteiger partial charge is 0.330 e. The Morgan fingerprint density at radius 3 is 1.41 bits per heavy atom. The fourth-order valence-electron chi connectivity index (χ4n) is 2.52. The minimum atomic E-state index is -0.220. The summed E-state index contributed by atoms with van der Waals surface area (Å²) in [5.74, 6) is 0.471. The Balaban J connectivity index is 5.55. The second-order valence-electron chi connectivity index (χ2n) is 7.83. The summed E-state index contributed by atoms with van der Waals surface area (Å²) in [6.45, 7) is 21.0. The van der Waals surface area contributed by atoms with E-state index in [0.717, 1.165) is 6.54 Å². The van der Waals surface area contributed by atoms with Crippen molar-refractivity contribution in [1.82, 2.24) is 0 Å². The van der Waals surface area contributed by atoms with Crippen molar-refractivity contribution in [3.63, 3.8) is 0 Å². The normalized spacial score (nSPS) is 17.1. The summed E-state index contributed by atoms with van der Waals surface area (Å²) in [7, 11) is 0. The van der Waals surface area contributed by atoms with Crippen molar-refractivity contribution < 1.29 is 0 Å². The van der Waals surface area contributed by atoms with Gasteiger partial charge in [0, 0.05) is 5.54 Å². The van der Waals surface area contributed by atoms with Gasteiger partial charge < -0.3 is 11.5 Å². The van der Waals surface area contributed by atoms with Crippen LogP contribution < -0.4 is 11.5 Å². The zero-order valence-corrected chi connectivity index (χ0v) is 13.4. The second-order valence-corrected chi connectivity index (χ2v) is 7.83. The van der Waals surface area contributed by atoms with Crippen LogP contribution >= 0.6 is 0 Å². The van der Waals surface area contributed by atoms with E-state index in [2.05, 4.69) is 62.3 Å². The van der Waals surface area contributed by atoms with Crippen LogP contribution in [0.25, 0.3) is 0 Å². The van der Waals surface area contributed by atoms with Gasteiger partial charge in [-0.05, 0) is 42.6 Å². The summed E-state index contributed by atoms with van der Waals surface area (Å²) in [6.07, 6.45) is 0. The summed E-state index contributed by atoms with van der Waals surface area (Å²) >= 11 is 0. The van der Waals surface area contributed by atoms with E-state index in [-0.39, 0.29) is 21.8 Å². The number of hydrogen-bond donors (Lipinski definition) is 2. The molecule has 17 heavy (non-hydrogen) atoms. The quantitative estimate of drug-likeness (QED) is 0.776. The summed E-state index contributed by atoms with van der Waals surface area (Å²) in [5, 5.41) is 0. The van der Waals surface area contributed by atoms with Crippen molar-refractivity contribution in [2.75, 3.05) is 6.54 Å². The summed E-state index contributed by atoms with van der Waals surface area (Å²) in [5.41, 5.74) is 12.3. The molecule has 0 radical (unpaired) electrons. The molecule has 0 aliphatic heterocycles. The monoisotopic (exact) mass is 242 g/mol. The molecule has 0 spiro atoms. The van der Waals surface area contributed by atoms with E-state index >= 15 is 0 Å². The molecule has 4 N–H and O–H groups in total. The van der Waals surface area contributed by atoms with E-state index in [1.807, 2.05) is 0 Å². The molecule has 0 heterocycles. The molecule has 0 bridgehead atoms. The van der Waals surface area contributed by atoms with Gasteiger partial charge in [-0.25, -0.2) is 0 Å². The minimum Gasteiger partial charge on any atom is -0.330 e. The number of rotatable bonds is 5. The molecule has 0 aliphatic rings. The number of nitrogens with two attached hydrogens (primary N) is 2. The third kappa shape index (κ3) is 2.53. The first-order valence-corrected chi connectivity index (χ1v) is 6.72. The molecule has 0 fully saturated rings. The molecule has 1 atom stereocenters. The van der Waals surface area contributed by atoms with Crippen LogP contribution in [0.4, 0.5) is 0 Å². The Bertz CT molecular complexity index is 257. The standard InChI is InChI=1S/C15H34N2/c1-11(10-16)12(2,3)13(4,5)14(6,7)15(8,9)17/h11H,10,16-17H2,1-9H3.